The second-order valence-electron chi connectivity index (χ2n) is 9.56. The number of aryl methyl sites for hydroxylation is 1. The number of benzene rings is 3. The van der Waals surface area contributed by atoms with E-state index in [0.29, 0.717) is 6.42 Å². The predicted molar refractivity (Wildman–Crippen MR) is 147 cm³/mol. The molecule has 3 aromatic rings. The summed E-state index contributed by atoms with van der Waals surface area (Å²) in [6, 6.07) is 25.2. The first kappa shape index (κ1) is 30.3. The van der Waals surface area contributed by atoms with E-state index in [1.54, 1.807) is 12.1 Å². The normalized spacial score (nSPS) is 23.2. The molecule has 1 heterocycles. The summed E-state index contributed by atoms with van der Waals surface area (Å²) in [5.41, 5.74) is 2.70. The quantitative estimate of drug-likeness (QED) is 0.221. The van der Waals surface area contributed by atoms with Gasteiger partial charge in [0.05, 0.1) is 31.3 Å². The summed E-state index contributed by atoms with van der Waals surface area (Å²) in [5, 5.41) is 20.6. The lowest BCUT2D eigenvalue weighted by Crippen LogP contribution is -2.61. The number of hydrogen-bond acceptors (Lipinski definition) is 9. The SMILES string of the molecule is Cc1ccc(S(=O)(=O)OCC2OC(OCCCO)C(OCc3ccccc3)C(OCc3ccccc3)C2O)cc1. The molecule has 1 fully saturated rings. The van der Waals surface area contributed by atoms with E-state index < -0.39 is 47.4 Å². The molecule has 9 nitrogen and oxygen atoms in total. The third-order valence-electron chi connectivity index (χ3n) is 6.47. The van der Waals surface area contributed by atoms with Crippen molar-refractivity contribution in [1.82, 2.24) is 0 Å². The molecule has 0 aromatic heterocycles. The van der Waals surface area contributed by atoms with Crippen molar-refractivity contribution >= 4 is 10.1 Å². The zero-order valence-corrected chi connectivity index (χ0v) is 23.2. The van der Waals surface area contributed by atoms with E-state index in [0.717, 1.165) is 16.7 Å². The van der Waals surface area contributed by atoms with Crippen LogP contribution >= 0.6 is 0 Å². The van der Waals surface area contributed by atoms with Crippen LogP contribution in [0.3, 0.4) is 0 Å². The molecule has 1 saturated heterocycles. The van der Waals surface area contributed by atoms with E-state index in [9.17, 15) is 18.6 Å². The Hall–Kier alpha value is -2.67. The largest absolute Gasteiger partial charge is 0.396 e. The first-order valence-electron chi connectivity index (χ1n) is 13.2. The Labute approximate surface area is 235 Å². The first-order valence-corrected chi connectivity index (χ1v) is 14.6. The topological polar surface area (TPSA) is 121 Å². The van der Waals surface area contributed by atoms with Gasteiger partial charge < -0.3 is 29.2 Å². The van der Waals surface area contributed by atoms with Gasteiger partial charge in [0.15, 0.2) is 6.29 Å². The summed E-state index contributed by atoms with van der Waals surface area (Å²) in [6.45, 7) is 1.84. The van der Waals surface area contributed by atoms with Crippen LogP contribution in [-0.2, 0) is 46.5 Å². The highest BCUT2D eigenvalue weighted by molar-refractivity contribution is 7.86. The maximum absolute atomic E-state index is 12.8. The van der Waals surface area contributed by atoms with Gasteiger partial charge in [-0.3, -0.25) is 4.18 Å². The fraction of sp³-hybridized carbons (Fsp3) is 0.400. The van der Waals surface area contributed by atoms with Gasteiger partial charge >= 0.3 is 0 Å². The van der Waals surface area contributed by atoms with Gasteiger partial charge in [-0.1, -0.05) is 78.4 Å². The Balaban J connectivity index is 1.54. The van der Waals surface area contributed by atoms with Crippen molar-refractivity contribution in [2.75, 3.05) is 19.8 Å². The van der Waals surface area contributed by atoms with E-state index in [-0.39, 0.29) is 31.3 Å². The van der Waals surface area contributed by atoms with Gasteiger partial charge in [-0.05, 0) is 36.6 Å². The second-order valence-corrected chi connectivity index (χ2v) is 11.2. The van der Waals surface area contributed by atoms with Crippen LogP contribution in [0.15, 0.2) is 89.8 Å². The molecule has 1 aliphatic rings. The third kappa shape index (κ3) is 8.42. The maximum Gasteiger partial charge on any atom is 0.297 e. The highest BCUT2D eigenvalue weighted by atomic mass is 32.2. The van der Waals surface area contributed by atoms with Crippen LogP contribution in [0.2, 0.25) is 0 Å². The van der Waals surface area contributed by atoms with E-state index in [2.05, 4.69) is 0 Å². The maximum atomic E-state index is 12.8. The van der Waals surface area contributed by atoms with Crippen molar-refractivity contribution in [2.45, 2.75) is 62.2 Å². The smallest absolute Gasteiger partial charge is 0.297 e. The Bertz CT molecular complexity index is 1250. The lowest BCUT2D eigenvalue weighted by Gasteiger charge is -2.44. The second kappa shape index (κ2) is 14.8. The van der Waals surface area contributed by atoms with Crippen LogP contribution in [0.4, 0.5) is 0 Å². The lowest BCUT2D eigenvalue weighted by atomic mass is 9.98. The van der Waals surface area contributed by atoms with Crippen molar-refractivity contribution in [1.29, 1.82) is 0 Å². The molecule has 0 saturated carbocycles. The van der Waals surface area contributed by atoms with E-state index in [4.69, 9.17) is 23.1 Å². The van der Waals surface area contributed by atoms with Gasteiger partial charge in [0.1, 0.15) is 24.4 Å². The number of hydrogen-bond donors (Lipinski definition) is 2. The van der Waals surface area contributed by atoms with E-state index >= 15 is 0 Å². The molecule has 3 aromatic carbocycles. The molecule has 5 unspecified atom stereocenters. The summed E-state index contributed by atoms with van der Waals surface area (Å²) in [6.07, 6.45) is -4.86. The van der Waals surface area contributed by atoms with Crippen LogP contribution in [-0.4, -0.2) is 69.2 Å². The summed E-state index contributed by atoms with van der Waals surface area (Å²) >= 11 is 0. The van der Waals surface area contributed by atoms with Crippen LogP contribution in [0.1, 0.15) is 23.1 Å². The summed E-state index contributed by atoms with van der Waals surface area (Å²) in [5.74, 6) is 0. The van der Waals surface area contributed by atoms with Gasteiger partial charge in [0.25, 0.3) is 10.1 Å². The molecular formula is C30H36O9S. The van der Waals surface area contributed by atoms with Crippen molar-refractivity contribution in [3.05, 3.63) is 102 Å². The van der Waals surface area contributed by atoms with Crippen molar-refractivity contribution in [3.63, 3.8) is 0 Å². The molecule has 1 aliphatic heterocycles. The van der Waals surface area contributed by atoms with Crippen molar-refractivity contribution in [2.24, 2.45) is 0 Å². The van der Waals surface area contributed by atoms with Crippen LogP contribution in [0.25, 0.3) is 0 Å². The molecule has 0 amide bonds. The summed E-state index contributed by atoms with van der Waals surface area (Å²) in [4.78, 5) is 0.0000867. The van der Waals surface area contributed by atoms with E-state index in [1.807, 2.05) is 67.6 Å². The number of aliphatic hydroxyl groups is 2. The van der Waals surface area contributed by atoms with Gasteiger partial charge in [-0.15, -0.1) is 0 Å². The molecule has 0 spiro atoms. The minimum atomic E-state index is -4.11. The lowest BCUT2D eigenvalue weighted by molar-refractivity contribution is -0.318. The van der Waals surface area contributed by atoms with E-state index in [1.165, 1.54) is 12.1 Å². The van der Waals surface area contributed by atoms with Gasteiger partial charge in [-0.25, -0.2) is 0 Å². The molecule has 10 heteroatoms. The van der Waals surface area contributed by atoms with Crippen LogP contribution in [0, 0.1) is 6.92 Å². The average molecular weight is 573 g/mol. The highest BCUT2D eigenvalue weighted by Crippen LogP contribution is 2.29. The monoisotopic (exact) mass is 572 g/mol. The Morgan fingerprint density at radius 2 is 1.38 bits per heavy atom. The summed E-state index contributed by atoms with van der Waals surface area (Å²) < 4.78 is 55.3. The Kier molecular flexibility index (Phi) is 11.2. The molecule has 40 heavy (non-hydrogen) atoms. The zero-order valence-electron chi connectivity index (χ0n) is 22.4. The minimum Gasteiger partial charge on any atom is -0.396 e. The van der Waals surface area contributed by atoms with Gasteiger partial charge in [0, 0.05) is 6.61 Å². The molecule has 2 N–H and O–H groups in total. The fourth-order valence-corrected chi connectivity index (χ4v) is 5.18. The minimum absolute atomic E-state index is 0.0000867. The zero-order chi connectivity index (χ0) is 28.4. The molecule has 5 atom stereocenters. The third-order valence-corrected chi connectivity index (χ3v) is 7.77. The van der Waals surface area contributed by atoms with Crippen molar-refractivity contribution in [3.8, 4) is 0 Å². The number of aliphatic hydroxyl groups excluding tert-OH is 2. The number of rotatable bonds is 14. The van der Waals surface area contributed by atoms with Crippen LogP contribution < -0.4 is 0 Å². The standard InChI is InChI=1S/C30H36O9S/c1-22-13-15-25(16-14-22)40(33,34)38-21-26-27(32)28(36-19-23-9-4-2-5-10-23)29(30(39-26)35-18-8-17-31)37-20-24-11-6-3-7-12-24/h2-7,9-16,26-32H,8,17-21H2,1H3. The van der Waals surface area contributed by atoms with Crippen molar-refractivity contribution < 1.29 is 41.8 Å². The molecule has 0 radical (unpaired) electrons. The first-order chi connectivity index (χ1) is 19.4. The van der Waals surface area contributed by atoms with Crippen LogP contribution in [0.5, 0.6) is 0 Å². The molecule has 0 aliphatic carbocycles. The highest BCUT2D eigenvalue weighted by Gasteiger charge is 2.48. The Morgan fingerprint density at radius 1 is 0.800 bits per heavy atom. The molecule has 216 valence electrons. The van der Waals surface area contributed by atoms with Gasteiger partial charge in [-0.2, -0.15) is 8.42 Å². The molecular weight excluding hydrogens is 536 g/mol. The molecule has 4 rings (SSSR count). The molecule has 0 bridgehead atoms. The average Bonchev–Trinajstić information content (AvgIpc) is 2.97. The summed E-state index contributed by atoms with van der Waals surface area (Å²) in [7, 11) is -4.11. The van der Waals surface area contributed by atoms with Gasteiger partial charge in [0.2, 0.25) is 0 Å². The fourth-order valence-electron chi connectivity index (χ4n) is 4.26. The number of ether oxygens (including phenoxy) is 4. The Morgan fingerprint density at radius 3 is 1.95 bits per heavy atom. The predicted octanol–water partition coefficient (Wildman–Crippen LogP) is 3.36.